The van der Waals surface area contributed by atoms with Crippen molar-refractivity contribution in [3.63, 3.8) is 0 Å². The zero-order chi connectivity index (χ0) is 4.99. The molecule has 0 saturated heterocycles. The maximum absolute atomic E-state index is 9.30. The van der Waals surface area contributed by atoms with Crippen molar-refractivity contribution >= 4 is 11.4 Å². The molecule has 1 atom stereocenters. The van der Waals surface area contributed by atoms with Crippen molar-refractivity contribution in [3.05, 3.63) is 0 Å². The van der Waals surface area contributed by atoms with Gasteiger partial charge < -0.3 is 11.7 Å². The molecule has 1 unspecified atom stereocenters. The second kappa shape index (κ2) is 7.03. The molecular formula is CH5NNaO3S-. The number of rotatable bonds is 2. The Morgan fingerprint density at radius 1 is 2.00 bits per heavy atom. The summed E-state index contributed by atoms with van der Waals surface area (Å²) >= 11 is -2.44. The first-order chi connectivity index (χ1) is 2.77. The van der Waals surface area contributed by atoms with E-state index in [-0.39, 0.29) is 37.7 Å². The van der Waals surface area contributed by atoms with Crippen LogP contribution >= 0.6 is 0 Å². The molecular weight excluding hydrogens is 129 g/mol. The third kappa shape index (κ3) is 11.0. The zero-order valence-electron chi connectivity index (χ0n) is 4.92. The monoisotopic (exact) mass is 134 g/mol. The van der Waals surface area contributed by atoms with E-state index in [1.165, 1.54) is 0 Å². The number of hydrogen-bond acceptors (Lipinski definition) is 4. The molecule has 0 heterocycles. The van der Waals surface area contributed by atoms with Crippen LogP contribution in [0.2, 0.25) is 0 Å². The van der Waals surface area contributed by atoms with Crippen LogP contribution in [0.3, 0.4) is 0 Å². The van der Waals surface area contributed by atoms with Crippen LogP contribution in [0.5, 0.6) is 0 Å². The Morgan fingerprint density at radius 3 is 2.43 bits per heavy atom. The molecule has 0 aliphatic rings. The summed E-state index contributed by atoms with van der Waals surface area (Å²) in [7, 11) is 0. The van der Waals surface area contributed by atoms with Gasteiger partial charge in [0.1, 0.15) is 6.73 Å². The molecule has 0 saturated carbocycles. The Labute approximate surface area is 67.7 Å². The molecule has 7 heavy (non-hydrogen) atoms. The van der Waals surface area contributed by atoms with Crippen LogP contribution in [-0.2, 0) is 15.5 Å². The van der Waals surface area contributed by atoms with Gasteiger partial charge in [-0.25, -0.2) is 4.21 Å². The summed E-state index contributed by atoms with van der Waals surface area (Å²) in [6, 6.07) is 0. The summed E-state index contributed by atoms with van der Waals surface area (Å²) in [4.78, 5) is 0. The van der Waals surface area contributed by atoms with E-state index in [0.717, 1.165) is 0 Å². The van der Waals surface area contributed by atoms with Crippen LogP contribution < -0.4 is 35.3 Å². The minimum absolute atomic E-state index is 0. The third-order valence-corrected chi connectivity index (χ3v) is 0.493. The van der Waals surface area contributed by atoms with Crippen molar-refractivity contribution in [3.8, 4) is 0 Å². The molecule has 6 heteroatoms. The molecule has 0 aromatic heterocycles. The second-order valence-corrected chi connectivity index (χ2v) is 1.13. The van der Waals surface area contributed by atoms with Gasteiger partial charge in [0.15, 0.2) is 0 Å². The SMILES string of the molecule is NCOS(=O)[O-].[H-].[Na+]. The Hall–Kier alpha value is 1.03. The van der Waals surface area contributed by atoms with E-state index in [2.05, 4.69) is 9.92 Å². The summed E-state index contributed by atoms with van der Waals surface area (Å²) in [6.45, 7) is -0.282. The van der Waals surface area contributed by atoms with Gasteiger partial charge >= 0.3 is 29.6 Å². The van der Waals surface area contributed by atoms with E-state index in [1.54, 1.807) is 0 Å². The quantitative estimate of drug-likeness (QED) is 0.236. The van der Waals surface area contributed by atoms with Gasteiger partial charge in [-0.1, -0.05) is 0 Å². The molecule has 2 N–H and O–H groups in total. The van der Waals surface area contributed by atoms with Gasteiger partial charge in [0.25, 0.3) is 0 Å². The fourth-order valence-corrected chi connectivity index (χ4v) is 0.167. The fourth-order valence-electron chi connectivity index (χ4n) is 0.0556. The van der Waals surface area contributed by atoms with Gasteiger partial charge in [0.2, 0.25) is 0 Å². The molecule has 0 fully saturated rings. The molecule has 4 nitrogen and oxygen atoms in total. The summed E-state index contributed by atoms with van der Waals surface area (Å²) < 4.78 is 22.3. The van der Waals surface area contributed by atoms with E-state index >= 15 is 0 Å². The average Bonchev–Trinajstić information content (AvgIpc) is 1.35. The number of nitrogens with two attached hydrogens (primary N) is 1. The number of hydrogen-bond donors (Lipinski definition) is 1. The minimum atomic E-state index is -2.44. The first kappa shape index (κ1) is 10.9. The second-order valence-electron chi connectivity index (χ2n) is 0.489. The van der Waals surface area contributed by atoms with Crippen LogP contribution in [-0.4, -0.2) is 15.5 Å². The van der Waals surface area contributed by atoms with Crippen molar-refractivity contribution in [1.82, 2.24) is 0 Å². The van der Waals surface area contributed by atoms with E-state index in [9.17, 15) is 8.76 Å². The van der Waals surface area contributed by atoms with Crippen molar-refractivity contribution in [2.75, 3.05) is 6.73 Å². The Balaban J connectivity index is -0.000000125. The van der Waals surface area contributed by atoms with E-state index in [0.29, 0.717) is 0 Å². The maximum Gasteiger partial charge on any atom is 1.00 e. The molecule has 0 radical (unpaired) electrons. The Bertz CT molecular complexity index is 63.2. The van der Waals surface area contributed by atoms with Crippen LogP contribution in [0.1, 0.15) is 1.43 Å². The molecule has 0 aliphatic carbocycles. The van der Waals surface area contributed by atoms with Gasteiger partial charge in [0, 0.05) is 0 Å². The van der Waals surface area contributed by atoms with Gasteiger partial charge in [-0.3, -0.25) is 4.18 Å². The van der Waals surface area contributed by atoms with Gasteiger partial charge in [0.05, 0.1) is 11.4 Å². The Kier molecular flexibility index (Phi) is 11.0. The fraction of sp³-hybridized carbons (Fsp3) is 1.00. The third-order valence-electron chi connectivity index (χ3n) is 0.164. The molecule has 0 aliphatic heterocycles. The zero-order valence-corrected chi connectivity index (χ0v) is 6.73. The predicted molar refractivity (Wildman–Crippen MR) is 20.2 cm³/mol. The molecule has 0 aromatic carbocycles. The molecule has 0 amide bonds. The molecule has 0 spiro atoms. The minimum Gasteiger partial charge on any atom is -1.00 e. The van der Waals surface area contributed by atoms with E-state index in [1.807, 2.05) is 0 Å². The Morgan fingerprint density at radius 2 is 2.43 bits per heavy atom. The average molecular weight is 134 g/mol. The van der Waals surface area contributed by atoms with Crippen molar-refractivity contribution < 1.29 is 43.9 Å². The summed E-state index contributed by atoms with van der Waals surface area (Å²) in [5.41, 5.74) is 4.61. The van der Waals surface area contributed by atoms with Gasteiger partial charge in [-0.2, -0.15) is 0 Å². The van der Waals surface area contributed by atoms with Crippen LogP contribution in [0, 0.1) is 0 Å². The maximum atomic E-state index is 9.30. The standard InChI is InChI=1S/CH5NO3S.Na.H/c2-1-5-6(3)4;;/h1-2H2,(H,3,4);;/q;+1;-1/p-1. The summed E-state index contributed by atoms with van der Waals surface area (Å²) in [6.07, 6.45) is 0. The van der Waals surface area contributed by atoms with Crippen LogP contribution in [0.25, 0.3) is 0 Å². The van der Waals surface area contributed by atoms with Crippen LogP contribution in [0.4, 0.5) is 0 Å². The first-order valence-electron chi connectivity index (χ1n) is 1.20. The van der Waals surface area contributed by atoms with Crippen molar-refractivity contribution in [2.24, 2.45) is 5.73 Å². The van der Waals surface area contributed by atoms with Gasteiger partial charge in [-0.05, 0) is 0 Å². The van der Waals surface area contributed by atoms with E-state index in [4.69, 9.17) is 0 Å². The summed E-state index contributed by atoms with van der Waals surface area (Å²) in [5, 5.41) is 0. The van der Waals surface area contributed by atoms with Gasteiger partial charge in [-0.15, -0.1) is 0 Å². The largest absolute Gasteiger partial charge is 1.00 e. The topological polar surface area (TPSA) is 75.4 Å². The predicted octanol–water partition coefficient (Wildman–Crippen LogP) is -4.17. The van der Waals surface area contributed by atoms with E-state index < -0.39 is 11.4 Å². The molecule has 0 aromatic rings. The first-order valence-corrected chi connectivity index (χ1v) is 2.20. The van der Waals surface area contributed by atoms with Crippen LogP contribution in [0.15, 0.2) is 0 Å². The normalized spacial score (nSPS) is 12.3. The molecule has 40 valence electrons. The molecule has 0 rings (SSSR count). The smallest absolute Gasteiger partial charge is 1.00 e. The van der Waals surface area contributed by atoms with Crippen molar-refractivity contribution in [2.45, 2.75) is 0 Å². The van der Waals surface area contributed by atoms with Crippen molar-refractivity contribution in [1.29, 1.82) is 0 Å². The summed E-state index contributed by atoms with van der Waals surface area (Å²) in [5.74, 6) is 0. The molecule has 0 bridgehead atoms.